The Hall–Kier alpha value is -2.08. The summed E-state index contributed by atoms with van der Waals surface area (Å²) in [5.41, 5.74) is 0.0693. The highest BCUT2D eigenvalue weighted by Gasteiger charge is 2.39. The first-order valence-corrected chi connectivity index (χ1v) is 8.73. The molecule has 6 heteroatoms. The van der Waals surface area contributed by atoms with Gasteiger partial charge in [-0.15, -0.1) is 0 Å². The number of nitrogens with one attached hydrogen (secondary N) is 1. The van der Waals surface area contributed by atoms with Crippen LogP contribution in [0.25, 0.3) is 0 Å². The van der Waals surface area contributed by atoms with E-state index in [1.807, 2.05) is 31.3 Å². The fourth-order valence-corrected chi connectivity index (χ4v) is 2.84. The summed E-state index contributed by atoms with van der Waals surface area (Å²) in [6.07, 6.45) is 0.717. The molecule has 1 heterocycles. The van der Waals surface area contributed by atoms with E-state index in [1.165, 1.54) is 0 Å². The molecular weight excluding hydrogens is 318 g/mol. The zero-order chi connectivity index (χ0) is 18.4. The number of ether oxygens (including phenoxy) is 1. The number of carbonyl (C=O) groups is 2. The number of piperazine rings is 1. The lowest BCUT2D eigenvalue weighted by Crippen LogP contribution is -2.55. The summed E-state index contributed by atoms with van der Waals surface area (Å²) in [5, 5.41) is 2.90. The van der Waals surface area contributed by atoms with E-state index in [-0.39, 0.29) is 11.8 Å². The Morgan fingerprint density at radius 3 is 2.28 bits per heavy atom. The number of benzene rings is 1. The van der Waals surface area contributed by atoms with Crippen molar-refractivity contribution in [3.8, 4) is 5.75 Å². The van der Waals surface area contributed by atoms with Crippen molar-refractivity contribution in [2.75, 3.05) is 46.9 Å². The van der Waals surface area contributed by atoms with E-state index >= 15 is 0 Å². The van der Waals surface area contributed by atoms with Gasteiger partial charge in [-0.25, -0.2) is 0 Å². The molecule has 0 atom stereocenters. The molecule has 6 nitrogen and oxygen atoms in total. The minimum absolute atomic E-state index is 0.0949. The Kier molecular flexibility index (Phi) is 6.42. The van der Waals surface area contributed by atoms with Gasteiger partial charge in [-0.3, -0.25) is 9.59 Å². The number of hydrogen-bond acceptors (Lipinski definition) is 4. The van der Waals surface area contributed by atoms with Gasteiger partial charge in [0.05, 0.1) is 7.11 Å². The van der Waals surface area contributed by atoms with Gasteiger partial charge < -0.3 is 19.9 Å². The first-order chi connectivity index (χ1) is 11.8. The van der Waals surface area contributed by atoms with Crippen LogP contribution < -0.4 is 10.1 Å². The van der Waals surface area contributed by atoms with Gasteiger partial charge in [-0.1, -0.05) is 12.1 Å². The van der Waals surface area contributed by atoms with Crippen molar-refractivity contribution in [2.24, 2.45) is 5.41 Å². The van der Waals surface area contributed by atoms with Gasteiger partial charge in [0.15, 0.2) is 0 Å². The second kappa shape index (κ2) is 8.34. The first kappa shape index (κ1) is 19.2. The molecular formula is C19H29N3O3. The van der Waals surface area contributed by atoms with Gasteiger partial charge >= 0.3 is 0 Å². The van der Waals surface area contributed by atoms with Crippen molar-refractivity contribution in [1.29, 1.82) is 0 Å². The maximum absolute atomic E-state index is 12.7. The Morgan fingerprint density at radius 1 is 1.12 bits per heavy atom. The standard InChI is InChI=1S/C19H29N3O3/c1-19(2,18(24)22-13-11-21(3)12-14-22)17(23)20-10-9-15-5-7-16(25-4)8-6-15/h5-8H,9-14H2,1-4H3,(H,20,23). The molecule has 1 aromatic rings. The molecule has 1 aromatic carbocycles. The van der Waals surface area contributed by atoms with Crippen LogP contribution in [0, 0.1) is 5.41 Å². The lowest BCUT2D eigenvalue weighted by atomic mass is 9.90. The molecule has 1 fully saturated rings. The summed E-state index contributed by atoms with van der Waals surface area (Å²) >= 11 is 0. The maximum atomic E-state index is 12.7. The van der Waals surface area contributed by atoms with E-state index in [4.69, 9.17) is 4.74 Å². The summed E-state index contributed by atoms with van der Waals surface area (Å²) in [4.78, 5) is 29.2. The third-order valence-electron chi connectivity index (χ3n) is 4.75. The van der Waals surface area contributed by atoms with Crippen LogP contribution >= 0.6 is 0 Å². The van der Waals surface area contributed by atoms with Gasteiger partial charge in [0.2, 0.25) is 11.8 Å². The van der Waals surface area contributed by atoms with Crippen LogP contribution in [0.4, 0.5) is 0 Å². The number of nitrogens with zero attached hydrogens (tertiary/aromatic N) is 2. The number of amides is 2. The Bertz CT molecular complexity index is 590. The van der Waals surface area contributed by atoms with E-state index in [9.17, 15) is 9.59 Å². The molecule has 0 bridgehead atoms. The average Bonchev–Trinajstić information content (AvgIpc) is 2.62. The average molecular weight is 347 g/mol. The van der Waals surface area contributed by atoms with E-state index in [2.05, 4.69) is 10.2 Å². The van der Waals surface area contributed by atoms with Crippen molar-refractivity contribution >= 4 is 11.8 Å². The smallest absolute Gasteiger partial charge is 0.237 e. The van der Waals surface area contributed by atoms with Crippen molar-refractivity contribution in [3.05, 3.63) is 29.8 Å². The Labute approximate surface area is 150 Å². The molecule has 0 aliphatic carbocycles. The summed E-state index contributed by atoms with van der Waals surface area (Å²) in [6, 6.07) is 7.76. The maximum Gasteiger partial charge on any atom is 0.237 e. The molecule has 1 aliphatic rings. The molecule has 0 aromatic heterocycles. The lowest BCUT2D eigenvalue weighted by Gasteiger charge is -2.36. The minimum Gasteiger partial charge on any atom is -0.497 e. The normalized spacial score (nSPS) is 15.8. The van der Waals surface area contributed by atoms with Gasteiger partial charge in [0, 0.05) is 32.7 Å². The Balaban J connectivity index is 1.84. The van der Waals surface area contributed by atoms with Crippen molar-refractivity contribution in [2.45, 2.75) is 20.3 Å². The zero-order valence-electron chi connectivity index (χ0n) is 15.7. The predicted molar refractivity (Wildman–Crippen MR) is 97.6 cm³/mol. The Morgan fingerprint density at radius 2 is 1.72 bits per heavy atom. The minimum atomic E-state index is -1.05. The van der Waals surface area contributed by atoms with Crippen LogP contribution in [0.3, 0.4) is 0 Å². The SMILES string of the molecule is COc1ccc(CCNC(=O)C(C)(C)C(=O)N2CCN(C)CC2)cc1. The van der Waals surface area contributed by atoms with Crippen molar-refractivity contribution < 1.29 is 14.3 Å². The summed E-state index contributed by atoms with van der Waals surface area (Å²) in [7, 11) is 3.67. The third-order valence-corrected chi connectivity index (χ3v) is 4.75. The third kappa shape index (κ3) is 4.95. The van der Waals surface area contributed by atoms with Gasteiger partial charge in [0.1, 0.15) is 11.2 Å². The highest BCUT2D eigenvalue weighted by Crippen LogP contribution is 2.20. The van der Waals surface area contributed by atoms with Crippen molar-refractivity contribution in [1.82, 2.24) is 15.1 Å². The van der Waals surface area contributed by atoms with E-state index < -0.39 is 5.41 Å². The molecule has 0 unspecified atom stereocenters. The summed E-state index contributed by atoms with van der Waals surface area (Å²) in [6.45, 7) is 6.97. The number of hydrogen-bond donors (Lipinski definition) is 1. The molecule has 1 N–H and O–H groups in total. The van der Waals surface area contributed by atoms with Crippen LogP contribution in [-0.2, 0) is 16.0 Å². The molecule has 0 spiro atoms. The van der Waals surface area contributed by atoms with Gasteiger partial charge in [-0.05, 0) is 45.0 Å². The van der Waals surface area contributed by atoms with E-state index in [0.29, 0.717) is 26.1 Å². The van der Waals surface area contributed by atoms with E-state index in [1.54, 1.807) is 25.9 Å². The molecule has 2 rings (SSSR count). The van der Waals surface area contributed by atoms with Crippen LogP contribution in [-0.4, -0.2) is 68.5 Å². The summed E-state index contributed by atoms with van der Waals surface area (Å²) in [5.74, 6) is 0.499. The fraction of sp³-hybridized carbons (Fsp3) is 0.579. The highest BCUT2D eigenvalue weighted by atomic mass is 16.5. The molecule has 1 saturated heterocycles. The van der Waals surface area contributed by atoms with Crippen LogP contribution in [0.1, 0.15) is 19.4 Å². The number of rotatable bonds is 6. The van der Waals surface area contributed by atoms with Gasteiger partial charge in [0.25, 0.3) is 0 Å². The number of carbonyl (C=O) groups excluding carboxylic acids is 2. The largest absolute Gasteiger partial charge is 0.497 e. The molecule has 25 heavy (non-hydrogen) atoms. The topological polar surface area (TPSA) is 61.9 Å². The van der Waals surface area contributed by atoms with E-state index in [0.717, 1.165) is 24.4 Å². The first-order valence-electron chi connectivity index (χ1n) is 8.73. The van der Waals surface area contributed by atoms with Crippen LogP contribution in [0.2, 0.25) is 0 Å². The van der Waals surface area contributed by atoms with Crippen LogP contribution in [0.15, 0.2) is 24.3 Å². The highest BCUT2D eigenvalue weighted by molar-refractivity contribution is 6.04. The monoisotopic (exact) mass is 347 g/mol. The molecule has 0 radical (unpaired) electrons. The number of likely N-dealkylation sites (N-methyl/N-ethyl adjacent to an activating group) is 1. The second-order valence-electron chi connectivity index (χ2n) is 7.07. The summed E-state index contributed by atoms with van der Waals surface area (Å²) < 4.78 is 5.13. The molecule has 2 amide bonds. The quantitative estimate of drug-likeness (QED) is 0.785. The lowest BCUT2D eigenvalue weighted by molar-refractivity contribution is -0.149. The molecule has 0 saturated carbocycles. The number of methoxy groups -OCH3 is 1. The molecule has 1 aliphatic heterocycles. The predicted octanol–water partition coefficient (Wildman–Crippen LogP) is 1.15. The fourth-order valence-electron chi connectivity index (χ4n) is 2.84. The second-order valence-corrected chi connectivity index (χ2v) is 7.07. The zero-order valence-corrected chi connectivity index (χ0v) is 15.7. The molecule has 138 valence electrons. The van der Waals surface area contributed by atoms with Crippen LogP contribution in [0.5, 0.6) is 5.75 Å². The van der Waals surface area contributed by atoms with Gasteiger partial charge in [-0.2, -0.15) is 0 Å². The van der Waals surface area contributed by atoms with Crippen molar-refractivity contribution in [3.63, 3.8) is 0 Å².